The van der Waals surface area contributed by atoms with Crippen molar-refractivity contribution in [1.82, 2.24) is 4.98 Å². The van der Waals surface area contributed by atoms with E-state index in [1.807, 2.05) is 66.7 Å². The minimum atomic E-state index is 0.349. The lowest BCUT2D eigenvalue weighted by Crippen LogP contribution is -2.06. The van der Waals surface area contributed by atoms with Crippen LogP contribution in [-0.4, -0.2) is 23.5 Å². The number of rotatable bonds is 8. The Morgan fingerprint density at radius 3 is 2.76 bits per heavy atom. The topological polar surface area (TPSA) is 82.1 Å². The number of nitrogens with two attached hydrogens (primary N) is 1. The minimum Gasteiger partial charge on any atom is -0.496 e. The maximum atomic E-state index is 6.00. The molecule has 0 unspecified atom stereocenters. The van der Waals surface area contributed by atoms with Gasteiger partial charge in [0.05, 0.1) is 18.8 Å². The lowest BCUT2D eigenvalue weighted by molar-refractivity contribution is 0.297. The van der Waals surface area contributed by atoms with Crippen LogP contribution in [0.5, 0.6) is 11.5 Å². The van der Waals surface area contributed by atoms with E-state index in [4.69, 9.17) is 15.2 Å². The number of amidine groups is 1. The molecule has 0 spiro atoms. The molecule has 0 atom stereocenters. The molecule has 0 amide bonds. The summed E-state index contributed by atoms with van der Waals surface area (Å²) in [7, 11) is 1.64. The van der Waals surface area contributed by atoms with Gasteiger partial charge in [0, 0.05) is 29.0 Å². The third kappa shape index (κ3) is 6.33. The second kappa shape index (κ2) is 11.2. The first kappa shape index (κ1) is 22.4. The van der Waals surface area contributed by atoms with E-state index in [9.17, 15) is 0 Å². The van der Waals surface area contributed by atoms with Crippen molar-refractivity contribution in [2.45, 2.75) is 12.4 Å². The fourth-order valence-corrected chi connectivity index (χ4v) is 3.81. The highest BCUT2D eigenvalue weighted by Crippen LogP contribution is 2.24. The highest BCUT2D eigenvalue weighted by molar-refractivity contribution is 8.13. The fraction of sp³-hybridized carbons (Fsp3) is 0.115. The maximum Gasteiger partial charge on any atom is 0.180 e. The van der Waals surface area contributed by atoms with E-state index < -0.39 is 0 Å². The molecule has 0 fully saturated rings. The molecule has 3 aromatic carbocycles. The van der Waals surface area contributed by atoms with Crippen molar-refractivity contribution >= 4 is 34.0 Å². The van der Waals surface area contributed by atoms with Crippen LogP contribution in [0.4, 0.5) is 0 Å². The Morgan fingerprint density at radius 2 is 1.91 bits per heavy atom. The molecule has 0 radical (unpaired) electrons. The van der Waals surface area contributed by atoms with Gasteiger partial charge >= 0.3 is 0 Å². The van der Waals surface area contributed by atoms with Gasteiger partial charge in [-0.15, -0.1) is 5.10 Å². The molecule has 0 saturated carbocycles. The van der Waals surface area contributed by atoms with Crippen LogP contribution >= 0.6 is 11.8 Å². The van der Waals surface area contributed by atoms with Gasteiger partial charge in [-0.2, -0.15) is 5.10 Å². The van der Waals surface area contributed by atoms with Crippen molar-refractivity contribution in [3.8, 4) is 11.5 Å². The zero-order chi connectivity index (χ0) is 22.9. The Kier molecular flexibility index (Phi) is 7.56. The quantitative estimate of drug-likeness (QED) is 0.218. The molecule has 4 rings (SSSR count). The summed E-state index contributed by atoms with van der Waals surface area (Å²) in [5.41, 5.74) is 9.82. The average Bonchev–Trinajstić information content (AvgIpc) is 2.87. The largest absolute Gasteiger partial charge is 0.496 e. The van der Waals surface area contributed by atoms with Gasteiger partial charge in [-0.05, 0) is 47.5 Å². The van der Waals surface area contributed by atoms with Gasteiger partial charge in [-0.1, -0.05) is 48.2 Å². The Labute approximate surface area is 197 Å². The van der Waals surface area contributed by atoms with Gasteiger partial charge in [-0.3, -0.25) is 4.98 Å². The van der Waals surface area contributed by atoms with Crippen molar-refractivity contribution in [1.29, 1.82) is 0 Å². The van der Waals surface area contributed by atoms with Gasteiger partial charge in [0.15, 0.2) is 5.17 Å². The highest BCUT2D eigenvalue weighted by atomic mass is 32.2. The minimum absolute atomic E-state index is 0.349. The number of methoxy groups -OCH3 is 1. The van der Waals surface area contributed by atoms with E-state index in [1.54, 1.807) is 19.5 Å². The zero-order valence-corrected chi connectivity index (χ0v) is 19.0. The predicted octanol–water partition coefficient (Wildman–Crippen LogP) is 5.40. The summed E-state index contributed by atoms with van der Waals surface area (Å²) in [5, 5.41) is 9.70. The lowest BCUT2D eigenvalue weighted by atomic mass is 10.1. The molecule has 2 N–H and O–H groups in total. The molecule has 7 heteroatoms. The van der Waals surface area contributed by atoms with Crippen LogP contribution in [0.2, 0.25) is 0 Å². The van der Waals surface area contributed by atoms with Crippen molar-refractivity contribution in [3.63, 3.8) is 0 Å². The molecule has 0 aliphatic carbocycles. The first-order valence-corrected chi connectivity index (χ1v) is 11.4. The molecular formula is C26H24N4O2S. The number of fused-ring (bicyclic) bond motifs is 1. The second-order valence-electron chi connectivity index (χ2n) is 7.17. The molecule has 4 aromatic rings. The lowest BCUT2D eigenvalue weighted by Gasteiger charge is -2.11. The molecule has 6 nitrogen and oxygen atoms in total. The Balaban J connectivity index is 1.40. The third-order valence-electron chi connectivity index (χ3n) is 4.87. The van der Waals surface area contributed by atoms with Crippen LogP contribution < -0.4 is 15.2 Å². The van der Waals surface area contributed by atoms with Crippen LogP contribution in [0.1, 0.15) is 16.7 Å². The van der Waals surface area contributed by atoms with E-state index in [0.717, 1.165) is 39.3 Å². The van der Waals surface area contributed by atoms with E-state index in [1.165, 1.54) is 17.3 Å². The van der Waals surface area contributed by atoms with Crippen molar-refractivity contribution < 1.29 is 9.47 Å². The molecule has 0 aliphatic heterocycles. The first-order chi connectivity index (χ1) is 16.2. The van der Waals surface area contributed by atoms with Gasteiger partial charge in [0.25, 0.3) is 0 Å². The number of benzene rings is 3. The molecule has 0 saturated heterocycles. The molecule has 1 aromatic heterocycles. The molecule has 0 bridgehead atoms. The Morgan fingerprint density at radius 1 is 1.03 bits per heavy atom. The van der Waals surface area contributed by atoms with E-state index >= 15 is 0 Å². The number of pyridine rings is 1. The monoisotopic (exact) mass is 456 g/mol. The van der Waals surface area contributed by atoms with Gasteiger partial charge in [0.2, 0.25) is 0 Å². The maximum absolute atomic E-state index is 6.00. The SMILES string of the molecule is COc1ccc(C=NN=C(N)SCc2ccccc2)cc1COc1ccc2cccnc2c1. The van der Waals surface area contributed by atoms with Crippen LogP contribution in [-0.2, 0) is 12.4 Å². The summed E-state index contributed by atoms with van der Waals surface area (Å²) in [5.74, 6) is 2.24. The fourth-order valence-electron chi connectivity index (χ4n) is 3.20. The summed E-state index contributed by atoms with van der Waals surface area (Å²) in [6.45, 7) is 0.349. The Bertz CT molecular complexity index is 1280. The summed E-state index contributed by atoms with van der Waals surface area (Å²) in [6.07, 6.45) is 3.44. The first-order valence-electron chi connectivity index (χ1n) is 10.4. The van der Waals surface area contributed by atoms with Crippen LogP contribution in [0.15, 0.2) is 95.3 Å². The van der Waals surface area contributed by atoms with E-state index in [2.05, 4.69) is 27.3 Å². The zero-order valence-electron chi connectivity index (χ0n) is 18.2. The summed E-state index contributed by atoms with van der Waals surface area (Å²) >= 11 is 1.45. The molecule has 0 aliphatic rings. The van der Waals surface area contributed by atoms with Crippen molar-refractivity contribution in [2.24, 2.45) is 15.9 Å². The number of ether oxygens (including phenoxy) is 2. The Hall–Kier alpha value is -3.84. The highest BCUT2D eigenvalue weighted by Gasteiger charge is 2.06. The molecule has 33 heavy (non-hydrogen) atoms. The van der Waals surface area contributed by atoms with Gasteiger partial charge in [-0.25, -0.2) is 0 Å². The summed E-state index contributed by atoms with van der Waals surface area (Å²) < 4.78 is 11.5. The summed E-state index contributed by atoms with van der Waals surface area (Å²) in [6, 6.07) is 25.7. The molecular weight excluding hydrogens is 432 g/mol. The van der Waals surface area contributed by atoms with Crippen molar-refractivity contribution in [3.05, 3.63) is 102 Å². The van der Waals surface area contributed by atoms with Crippen LogP contribution in [0, 0.1) is 0 Å². The molecule has 166 valence electrons. The standard InChI is InChI=1S/C26H24N4O2S/c1-31-25-12-9-20(16-29-30-26(27)33-18-19-6-3-2-4-7-19)14-22(25)17-32-23-11-10-21-8-5-13-28-24(21)15-23/h2-16H,17-18H2,1H3,(H2,27,30). The average molecular weight is 457 g/mol. The van der Waals surface area contributed by atoms with Gasteiger partial charge in [0.1, 0.15) is 18.1 Å². The van der Waals surface area contributed by atoms with Gasteiger partial charge < -0.3 is 15.2 Å². The smallest absolute Gasteiger partial charge is 0.180 e. The number of nitrogens with zero attached hydrogens (tertiary/aromatic N) is 3. The normalized spacial score (nSPS) is 11.7. The number of thioether (sulfide) groups is 1. The van der Waals surface area contributed by atoms with E-state index in [0.29, 0.717) is 11.8 Å². The number of hydrogen-bond acceptors (Lipinski definition) is 6. The van der Waals surface area contributed by atoms with Crippen LogP contribution in [0.25, 0.3) is 10.9 Å². The van der Waals surface area contributed by atoms with E-state index in [-0.39, 0.29) is 0 Å². The summed E-state index contributed by atoms with van der Waals surface area (Å²) in [4.78, 5) is 4.38. The molecule has 1 heterocycles. The predicted molar refractivity (Wildman–Crippen MR) is 136 cm³/mol. The number of hydrogen-bond donors (Lipinski definition) is 1. The second-order valence-corrected chi connectivity index (χ2v) is 8.17. The van der Waals surface area contributed by atoms with Crippen molar-refractivity contribution in [2.75, 3.05) is 7.11 Å². The third-order valence-corrected chi connectivity index (χ3v) is 5.72. The van der Waals surface area contributed by atoms with Crippen LogP contribution in [0.3, 0.4) is 0 Å². The number of aromatic nitrogens is 1.